The summed E-state index contributed by atoms with van der Waals surface area (Å²) in [5.41, 5.74) is -0.536. The Morgan fingerprint density at radius 3 is 2.71 bits per heavy atom. The van der Waals surface area contributed by atoms with Crippen molar-refractivity contribution in [1.82, 2.24) is 15.1 Å². The fourth-order valence-electron chi connectivity index (χ4n) is 1.47. The molecule has 0 spiro atoms. The molecular formula is C11H16BrF3N4O2. The number of nitrogens with zero attached hydrogens (tertiary/aromatic N) is 2. The third-order valence-electron chi connectivity index (χ3n) is 2.37. The zero-order valence-electron chi connectivity index (χ0n) is 11.2. The summed E-state index contributed by atoms with van der Waals surface area (Å²) in [5.74, 6) is 0. The summed E-state index contributed by atoms with van der Waals surface area (Å²) in [5, 5.41) is 18.3. The molecule has 0 saturated carbocycles. The normalized spacial score (nSPS) is 13.2. The van der Waals surface area contributed by atoms with Gasteiger partial charge in [0.15, 0.2) is 0 Å². The highest BCUT2D eigenvalue weighted by atomic mass is 79.9. The van der Waals surface area contributed by atoms with Crippen LogP contribution in [-0.4, -0.2) is 46.8 Å². The Hall–Kier alpha value is -1.13. The molecular weight excluding hydrogens is 357 g/mol. The molecule has 1 unspecified atom stereocenters. The Morgan fingerprint density at radius 1 is 1.48 bits per heavy atom. The van der Waals surface area contributed by atoms with Crippen molar-refractivity contribution < 1.29 is 18.3 Å². The average Bonchev–Trinajstić information content (AvgIpc) is 2.35. The third-order valence-corrected chi connectivity index (χ3v) is 3.14. The number of nitrogens with one attached hydrogen (secondary N) is 2. The topological polar surface area (TPSA) is 79.2 Å². The molecule has 0 amide bonds. The number of halogens is 4. The van der Waals surface area contributed by atoms with Gasteiger partial charge in [0.05, 0.1) is 18.0 Å². The summed E-state index contributed by atoms with van der Waals surface area (Å²) >= 11 is 2.97. The Labute approximate surface area is 127 Å². The van der Waals surface area contributed by atoms with E-state index in [4.69, 9.17) is 5.11 Å². The van der Waals surface area contributed by atoms with E-state index in [1.165, 1.54) is 0 Å². The lowest BCUT2D eigenvalue weighted by molar-refractivity contribution is -0.143. The molecule has 0 saturated heterocycles. The van der Waals surface area contributed by atoms with Crippen molar-refractivity contribution >= 4 is 21.6 Å². The van der Waals surface area contributed by atoms with Crippen LogP contribution in [-0.2, 0) is 6.54 Å². The highest BCUT2D eigenvalue weighted by molar-refractivity contribution is 9.10. The highest BCUT2D eigenvalue weighted by Crippen LogP contribution is 2.19. The summed E-state index contributed by atoms with van der Waals surface area (Å²) in [6.45, 7) is 1.58. The molecule has 0 bridgehead atoms. The molecule has 1 rings (SSSR count). The van der Waals surface area contributed by atoms with Crippen molar-refractivity contribution in [2.45, 2.75) is 25.7 Å². The first kappa shape index (κ1) is 17.9. The van der Waals surface area contributed by atoms with Crippen LogP contribution in [0.5, 0.6) is 0 Å². The van der Waals surface area contributed by atoms with Crippen LogP contribution in [0.15, 0.2) is 15.5 Å². The Bertz CT molecular complexity index is 519. The first-order valence-electron chi connectivity index (χ1n) is 6.15. The van der Waals surface area contributed by atoms with Gasteiger partial charge < -0.3 is 15.7 Å². The summed E-state index contributed by atoms with van der Waals surface area (Å²) in [6.07, 6.45) is -3.81. The molecule has 1 aromatic heterocycles. The van der Waals surface area contributed by atoms with Gasteiger partial charge in [-0.05, 0) is 22.9 Å². The van der Waals surface area contributed by atoms with Crippen molar-refractivity contribution in [3.05, 3.63) is 21.0 Å². The number of alkyl halides is 3. The lowest BCUT2D eigenvalue weighted by Gasteiger charge is -2.12. The number of rotatable bonds is 7. The number of aromatic nitrogens is 2. The molecule has 0 aliphatic rings. The highest BCUT2D eigenvalue weighted by Gasteiger charge is 2.29. The minimum absolute atomic E-state index is 0.00252. The van der Waals surface area contributed by atoms with Crippen LogP contribution in [0.1, 0.15) is 6.92 Å². The van der Waals surface area contributed by atoms with E-state index in [1.54, 1.807) is 6.92 Å². The molecule has 21 heavy (non-hydrogen) atoms. The van der Waals surface area contributed by atoms with Crippen LogP contribution in [0.3, 0.4) is 0 Å². The van der Waals surface area contributed by atoms with Gasteiger partial charge in [-0.15, -0.1) is 0 Å². The van der Waals surface area contributed by atoms with Crippen LogP contribution < -0.4 is 16.2 Å². The van der Waals surface area contributed by atoms with Crippen LogP contribution in [0.4, 0.5) is 18.9 Å². The van der Waals surface area contributed by atoms with Crippen molar-refractivity contribution in [1.29, 1.82) is 0 Å². The fraction of sp³-hybridized carbons (Fsp3) is 0.636. The molecule has 3 N–H and O–H groups in total. The van der Waals surface area contributed by atoms with Gasteiger partial charge in [-0.1, -0.05) is 0 Å². The van der Waals surface area contributed by atoms with E-state index < -0.39 is 24.4 Å². The van der Waals surface area contributed by atoms with E-state index >= 15 is 0 Å². The van der Waals surface area contributed by atoms with E-state index in [2.05, 4.69) is 31.7 Å². The zero-order chi connectivity index (χ0) is 16.0. The maximum Gasteiger partial charge on any atom is 0.408 e. The number of aliphatic hydroxyl groups is 1. The van der Waals surface area contributed by atoms with E-state index in [9.17, 15) is 18.0 Å². The summed E-state index contributed by atoms with van der Waals surface area (Å²) < 4.78 is 37.1. The number of aliphatic hydroxyl groups excluding tert-OH is 1. The smallest absolute Gasteiger partial charge is 0.392 e. The lowest BCUT2D eigenvalue weighted by atomic mass is 10.4. The molecule has 1 heterocycles. The van der Waals surface area contributed by atoms with Gasteiger partial charge in [0, 0.05) is 19.6 Å². The van der Waals surface area contributed by atoms with Crippen LogP contribution in [0, 0.1) is 0 Å². The molecule has 0 aromatic carbocycles. The van der Waals surface area contributed by atoms with Gasteiger partial charge in [-0.3, -0.25) is 4.79 Å². The van der Waals surface area contributed by atoms with Gasteiger partial charge in [-0.25, -0.2) is 4.68 Å². The van der Waals surface area contributed by atoms with Gasteiger partial charge >= 0.3 is 6.18 Å². The van der Waals surface area contributed by atoms with E-state index in [-0.39, 0.29) is 4.47 Å². The second kappa shape index (κ2) is 7.76. The van der Waals surface area contributed by atoms with Gasteiger partial charge in [0.25, 0.3) is 5.56 Å². The fourth-order valence-corrected chi connectivity index (χ4v) is 1.91. The Morgan fingerprint density at radius 2 is 2.14 bits per heavy atom. The van der Waals surface area contributed by atoms with Crippen LogP contribution in [0.2, 0.25) is 0 Å². The zero-order valence-corrected chi connectivity index (χ0v) is 12.8. The van der Waals surface area contributed by atoms with Crippen molar-refractivity contribution in [2.75, 3.05) is 25.0 Å². The van der Waals surface area contributed by atoms with Crippen molar-refractivity contribution in [3.8, 4) is 0 Å². The minimum Gasteiger partial charge on any atom is -0.392 e. The van der Waals surface area contributed by atoms with Crippen molar-refractivity contribution in [2.24, 2.45) is 0 Å². The minimum atomic E-state index is -4.50. The van der Waals surface area contributed by atoms with Gasteiger partial charge in [-0.2, -0.15) is 18.3 Å². The maximum atomic E-state index is 12.2. The largest absolute Gasteiger partial charge is 0.408 e. The molecule has 0 aliphatic carbocycles. The van der Waals surface area contributed by atoms with E-state index in [1.807, 2.05) is 0 Å². The Kier molecular flexibility index (Phi) is 6.62. The summed E-state index contributed by atoms with van der Waals surface area (Å²) in [4.78, 5) is 11.7. The molecule has 1 atom stereocenters. The quantitative estimate of drug-likeness (QED) is 0.621. The summed E-state index contributed by atoms with van der Waals surface area (Å²) in [7, 11) is 0. The standard InChI is InChI=1S/C11H16BrF3N4O2/c1-7(20)4-16-2-3-17-8-5-18-19(6-11(13,14)15)10(21)9(8)12/h5,7,16-17,20H,2-4,6H2,1H3. The molecule has 10 heteroatoms. The summed E-state index contributed by atoms with van der Waals surface area (Å²) in [6, 6.07) is 0. The molecule has 6 nitrogen and oxygen atoms in total. The van der Waals surface area contributed by atoms with Crippen LogP contribution in [0.25, 0.3) is 0 Å². The van der Waals surface area contributed by atoms with Crippen molar-refractivity contribution in [3.63, 3.8) is 0 Å². The molecule has 0 fully saturated rings. The monoisotopic (exact) mass is 372 g/mol. The molecule has 0 aliphatic heterocycles. The second-order valence-electron chi connectivity index (χ2n) is 4.43. The lowest BCUT2D eigenvalue weighted by Crippen LogP contribution is -2.32. The van der Waals surface area contributed by atoms with Gasteiger partial charge in [0.2, 0.25) is 0 Å². The number of anilines is 1. The second-order valence-corrected chi connectivity index (χ2v) is 5.22. The number of hydrogen-bond acceptors (Lipinski definition) is 5. The third kappa shape index (κ3) is 6.44. The first-order valence-corrected chi connectivity index (χ1v) is 6.95. The maximum absolute atomic E-state index is 12.2. The Balaban J connectivity index is 2.61. The van der Waals surface area contributed by atoms with Crippen LogP contribution >= 0.6 is 15.9 Å². The predicted octanol–water partition coefficient (Wildman–Crippen LogP) is 0.950. The SMILES string of the molecule is CC(O)CNCCNc1cnn(CC(F)(F)F)c(=O)c1Br. The van der Waals surface area contributed by atoms with Gasteiger partial charge in [0.1, 0.15) is 11.0 Å². The first-order chi connectivity index (χ1) is 9.70. The molecule has 1 aromatic rings. The predicted molar refractivity (Wildman–Crippen MR) is 75.3 cm³/mol. The van der Waals surface area contributed by atoms with E-state index in [0.29, 0.717) is 30.0 Å². The number of hydrogen-bond donors (Lipinski definition) is 3. The molecule has 120 valence electrons. The average molecular weight is 373 g/mol. The van der Waals surface area contributed by atoms with E-state index in [0.717, 1.165) is 6.20 Å². The molecule has 0 radical (unpaired) electrons.